The number of benzene rings is 1. The Bertz CT molecular complexity index is 553. The third-order valence-electron chi connectivity index (χ3n) is 3.02. The summed E-state index contributed by atoms with van der Waals surface area (Å²) < 4.78 is 2.49. The molecule has 19 heavy (non-hydrogen) atoms. The molecule has 1 aromatic heterocycles. The van der Waals surface area contributed by atoms with E-state index in [-0.39, 0.29) is 6.04 Å². The summed E-state index contributed by atoms with van der Waals surface area (Å²) in [7, 11) is 0. The van der Waals surface area contributed by atoms with Crippen LogP contribution < -0.4 is 5.32 Å². The molecule has 0 fully saturated rings. The van der Waals surface area contributed by atoms with E-state index in [1.54, 1.807) is 11.3 Å². The molecule has 4 heteroatoms. The maximum atomic E-state index is 3.67. The molecule has 0 aliphatic rings. The maximum absolute atomic E-state index is 3.67. The van der Waals surface area contributed by atoms with Gasteiger partial charge in [0.1, 0.15) is 0 Å². The Labute approximate surface area is 141 Å². The topological polar surface area (TPSA) is 12.0 Å². The van der Waals surface area contributed by atoms with Crippen molar-refractivity contribution in [3.63, 3.8) is 0 Å². The number of nitrogens with one attached hydrogen (secondary N) is 1. The number of hydrogen-bond acceptors (Lipinski definition) is 2. The van der Waals surface area contributed by atoms with Gasteiger partial charge in [-0.05, 0) is 87.7 Å². The van der Waals surface area contributed by atoms with E-state index < -0.39 is 0 Å². The van der Waals surface area contributed by atoms with Crippen molar-refractivity contribution < 1.29 is 0 Å². The number of thiophene rings is 1. The van der Waals surface area contributed by atoms with E-state index in [1.807, 2.05) is 0 Å². The van der Waals surface area contributed by atoms with E-state index in [0.717, 1.165) is 13.0 Å². The largest absolute Gasteiger partial charge is 0.306 e. The summed E-state index contributed by atoms with van der Waals surface area (Å²) in [5.74, 6) is 0. The van der Waals surface area contributed by atoms with Gasteiger partial charge in [0.25, 0.3) is 0 Å². The van der Waals surface area contributed by atoms with Gasteiger partial charge in [-0.1, -0.05) is 19.1 Å². The lowest BCUT2D eigenvalue weighted by Gasteiger charge is -2.19. The second-order valence-electron chi connectivity index (χ2n) is 4.50. The van der Waals surface area contributed by atoms with Crippen LogP contribution in [0.4, 0.5) is 0 Å². The average molecular weight is 450 g/mol. The quantitative estimate of drug-likeness (QED) is 0.593. The second kappa shape index (κ2) is 7.20. The predicted molar refractivity (Wildman–Crippen MR) is 96.1 cm³/mol. The van der Waals surface area contributed by atoms with Crippen LogP contribution in [0.3, 0.4) is 0 Å². The molecule has 1 unspecified atom stereocenters. The summed E-state index contributed by atoms with van der Waals surface area (Å²) in [4.78, 5) is 1.37. The van der Waals surface area contributed by atoms with Crippen LogP contribution in [0.2, 0.25) is 0 Å². The molecule has 0 radical (unpaired) electrons. The molecule has 1 nitrogen and oxygen atoms in total. The van der Waals surface area contributed by atoms with Crippen molar-refractivity contribution in [2.45, 2.75) is 26.3 Å². The van der Waals surface area contributed by atoms with E-state index in [4.69, 9.17) is 0 Å². The minimum absolute atomic E-state index is 0.289. The minimum Gasteiger partial charge on any atom is -0.306 e. The lowest BCUT2D eigenvalue weighted by Crippen LogP contribution is -2.23. The third kappa shape index (κ3) is 4.03. The van der Waals surface area contributed by atoms with Crippen molar-refractivity contribution >= 4 is 49.9 Å². The summed E-state index contributed by atoms with van der Waals surface area (Å²) >= 11 is 7.78. The minimum atomic E-state index is 0.289. The van der Waals surface area contributed by atoms with Gasteiger partial charge in [-0.3, -0.25) is 0 Å². The molecule has 0 saturated heterocycles. The van der Waals surface area contributed by atoms with Gasteiger partial charge < -0.3 is 5.32 Å². The molecule has 102 valence electrons. The van der Waals surface area contributed by atoms with Crippen molar-refractivity contribution in [1.82, 2.24) is 5.32 Å². The van der Waals surface area contributed by atoms with Gasteiger partial charge in [0, 0.05) is 8.45 Å². The number of aryl methyl sites for hydroxylation is 1. The lowest BCUT2D eigenvalue weighted by molar-refractivity contribution is 0.598. The fourth-order valence-corrected chi connectivity index (χ4v) is 4.44. The first-order valence-electron chi connectivity index (χ1n) is 6.36. The van der Waals surface area contributed by atoms with Gasteiger partial charge in [0.15, 0.2) is 0 Å². The summed E-state index contributed by atoms with van der Waals surface area (Å²) in [5, 5.41) is 3.67. The van der Waals surface area contributed by atoms with Crippen molar-refractivity contribution in [2.24, 2.45) is 0 Å². The zero-order valence-electron chi connectivity index (χ0n) is 11.0. The monoisotopic (exact) mass is 449 g/mol. The summed E-state index contributed by atoms with van der Waals surface area (Å²) in [6.07, 6.45) is 1.14. The van der Waals surface area contributed by atoms with Crippen molar-refractivity contribution in [1.29, 1.82) is 0 Å². The smallest absolute Gasteiger partial charge is 0.0704 e. The van der Waals surface area contributed by atoms with Crippen molar-refractivity contribution in [3.05, 3.63) is 53.7 Å². The molecule has 0 amide bonds. The first kappa shape index (κ1) is 15.5. The van der Waals surface area contributed by atoms with Crippen LogP contribution in [-0.4, -0.2) is 6.54 Å². The first-order chi connectivity index (χ1) is 9.11. The maximum Gasteiger partial charge on any atom is 0.0704 e. The van der Waals surface area contributed by atoms with Crippen molar-refractivity contribution in [2.75, 3.05) is 6.54 Å². The fraction of sp³-hybridized carbons (Fsp3) is 0.333. The van der Waals surface area contributed by atoms with Crippen LogP contribution in [0, 0.1) is 10.5 Å². The molecule has 2 aromatic rings. The highest BCUT2D eigenvalue weighted by Crippen LogP contribution is 2.34. The Morgan fingerprint density at radius 3 is 2.74 bits per heavy atom. The molecule has 0 spiro atoms. The zero-order valence-corrected chi connectivity index (χ0v) is 15.6. The Balaban J connectivity index is 2.38. The molecule has 0 bridgehead atoms. The van der Waals surface area contributed by atoms with Gasteiger partial charge >= 0.3 is 0 Å². The predicted octanol–water partition coefficient (Wildman–Crippen LogP) is 5.51. The molecule has 0 aliphatic heterocycles. The first-order valence-corrected chi connectivity index (χ1v) is 9.05. The van der Waals surface area contributed by atoms with Crippen LogP contribution >= 0.6 is 49.9 Å². The number of halogens is 2. The molecule has 0 saturated carbocycles. The van der Waals surface area contributed by atoms with Crippen LogP contribution in [-0.2, 0) is 0 Å². The highest BCUT2D eigenvalue weighted by atomic mass is 127. The summed E-state index contributed by atoms with van der Waals surface area (Å²) in [6.45, 7) is 5.43. The summed E-state index contributed by atoms with van der Waals surface area (Å²) in [5.41, 5.74) is 2.72. The Kier molecular flexibility index (Phi) is 5.87. The molecule has 1 aromatic carbocycles. The Morgan fingerprint density at radius 1 is 1.37 bits per heavy atom. The molecule has 0 aliphatic carbocycles. The fourth-order valence-electron chi connectivity index (χ4n) is 2.13. The van der Waals surface area contributed by atoms with Crippen LogP contribution in [0.1, 0.15) is 35.4 Å². The van der Waals surface area contributed by atoms with Crippen LogP contribution in [0.15, 0.2) is 34.1 Å². The van der Waals surface area contributed by atoms with Gasteiger partial charge in [-0.2, -0.15) is 0 Å². The van der Waals surface area contributed by atoms with E-state index >= 15 is 0 Å². The second-order valence-corrected chi connectivity index (χ2v) is 8.39. The number of hydrogen-bond donors (Lipinski definition) is 1. The van der Waals surface area contributed by atoms with Crippen LogP contribution in [0.5, 0.6) is 0 Å². The SMILES string of the molecule is CCCNC(c1cccc(I)c1)c1cc(Br)sc1C. The molecule has 2 rings (SSSR count). The molecular weight excluding hydrogens is 433 g/mol. The molecule has 1 atom stereocenters. The normalized spacial score (nSPS) is 12.6. The Hall–Kier alpha value is 0.0900. The van der Waals surface area contributed by atoms with Gasteiger partial charge in [-0.25, -0.2) is 0 Å². The molecule has 1 N–H and O–H groups in total. The van der Waals surface area contributed by atoms with E-state index in [0.29, 0.717) is 0 Å². The van der Waals surface area contributed by atoms with Gasteiger partial charge in [-0.15, -0.1) is 11.3 Å². The van der Waals surface area contributed by atoms with Gasteiger partial charge in [0.05, 0.1) is 9.83 Å². The van der Waals surface area contributed by atoms with E-state index in [9.17, 15) is 0 Å². The van der Waals surface area contributed by atoms with Gasteiger partial charge in [0.2, 0.25) is 0 Å². The standard InChI is InChI=1S/C15H17BrINS/c1-3-7-18-15(11-5-4-6-12(17)8-11)13-9-14(16)19-10(13)2/h4-6,8-9,15,18H,3,7H2,1-2H3. The highest BCUT2D eigenvalue weighted by Gasteiger charge is 2.17. The van der Waals surface area contributed by atoms with E-state index in [1.165, 1.54) is 23.4 Å². The molecule has 1 heterocycles. The highest BCUT2D eigenvalue weighted by molar-refractivity contribution is 14.1. The van der Waals surface area contributed by atoms with Crippen LogP contribution in [0.25, 0.3) is 0 Å². The zero-order chi connectivity index (χ0) is 13.8. The van der Waals surface area contributed by atoms with Crippen molar-refractivity contribution in [3.8, 4) is 0 Å². The summed E-state index contributed by atoms with van der Waals surface area (Å²) in [6, 6.07) is 11.3. The number of rotatable bonds is 5. The lowest BCUT2D eigenvalue weighted by atomic mass is 9.99. The third-order valence-corrected chi connectivity index (χ3v) is 5.26. The average Bonchev–Trinajstić information content (AvgIpc) is 2.69. The molecular formula is C15H17BrINS. The Morgan fingerprint density at radius 2 is 2.16 bits per heavy atom. The van der Waals surface area contributed by atoms with E-state index in [2.05, 4.69) is 88.0 Å².